The largest absolute Gasteiger partial charge is 0.421 e. The Morgan fingerprint density at radius 3 is 2.39 bits per heavy atom. The number of nitrogens with one attached hydrogen (secondary N) is 1. The average molecular weight is 387 g/mol. The first-order valence-corrected chi connectivity index (χ1v) is 8.38. The van der Waals surface area contributed by atoms with E-state index in [4.69, 9.17) is 0 Å². The van der Waals surface area contributed by atoms with E-state index in [1.165, 1.54) is 0 Å². The van der Waals surface area contributed by atoms with E-state index in [-0.39, 0.29) is 0 Å². The number of pyridine rings is 2. The predicted molar refractivity (Wildman–Crippen MR) is 96.4 cm³/mol. The lowest BCUT2D eigenvalue weighted by molar-refractivity contribution is -0.139. The molecule has 0 aliphatic heterocycles. The molecule has 144 valence electrons. The van der Waals surface area contributed by atoms with Crippen molar-refractivity contribution in [1.82, 2.24) is 14.9 Å². The monoisotopic (exact) mass is 387 g/mol. The minimum absolute atomic E-state index is 0.543. The summed E-state index contributed by atoms with van der Waals surface area (Å²) in [5.74, 6) is -0.610. The Hall–Kier alpha value is -3.42. The van der Waals surface area contributed by atoms with Gasteiger partial charge in [-0.25, -0.2) is 0 Å². The van der Waals surface area contributed by atoms with Gasteiger partial charge in [0.15, 0.2) is 0 Å². The van der Waals surface area contributed by atoms with Crippen LogP contribution < -0.4 is 10.9 Å². The number of hydrogen-bond donors (Lipinski definition) is 1. The van der Waals surface area contributed by atoms with Gasteiger partial charge < -0.3 is 9.88 Å². The molecule has 0 saturated carbocycles. The summed E-state index contributed by atoms with van der Waals surface area (Å²) in [5.41, 5.74) is -1.25. The average Bonchev–Trinajstić information content (AvgIpc) is 2.68. The Morgan fingerprint density at radius 1 is 1.04 bits per heavy atom. The van der Waals surface area contributed by atoms with Crippen LogP contribution in [-0.2, 0) is 17.5 Å². The van der Waals surface area contributed by atoms with Gasteiger partial charge in [0.25, 0.3) is 5.56 Å². The molecule has 8 heteroatoms. The molecular formula is C20H16F3N3O2. The minimum atomic E-state index is -4.78. The Bertz CT molecular complexity index is 963. The number of halogens is 3. The third kappa shape index (κ3) is 4.46. The van der Waals surface area contributed by atoms with E-state index in [2.05, 4.69) is 10.3 Å². The summed E-state index contributed by atoms with van der Waals surface area (Å²) in [7, 11) is 0. The number of carbonyl (C=O) groups excluding carboxylic acids is 1. The van der Waals surface area contributed by atoms with Crippen molar-refractivity contribution in [1.29, 1.82) is 0 Å². The van der Waals surface area contributed by atoms with Crippen LogP contribution in [-0.4, -0.2) is 15.5 Å². The molecule has 3 aromatic rings. The lowest BCUT2D eigenvalue weighted by Crippen LogP contribution is -2.37. The summed E-state index contributed by atoms with van der Waals surface area (Å²) in [6, 6.07) is 15.4. The number of hydrogen-bond acceptors (Lipinski definition) is 3. The lowest BCUT2D eigenvalue weighted by atomic mass is 10.0. The van der Waals surface area contributed by atoms with E-state index in [9.17, 15) is 22.8 Å². The van der Waals surface area contributed by atoms with E-state index < -0.39 is 35.8 Å². The van der Waals surface area contributed by atoms with E-state index in [1.54, 1.807) is 48.7 Å². The van der Waals surface area contributed by atoms with Crippen LogP contribution in [0.15, 0.2) is 77.9 Å². The van der Waals surface area contributed by atoms with Gasteiger partial charge in [-0.2, -0.15) is 13.2 Å². The highest BCUT2D eigenvalue weighted by molar-refractivity contribution is 5.76. The quantitative estimate of drug-likeness (QED) is 0.732. The van der Waals surface area contributed by atoms with Gasteiger partial charge in [0.05, 0.1) is 11.7 Å². The number of carbonyl (C=O) groups is 1. The summed E-state index contributed by atoms with van der Waals surface area (Å²) in [6.45, 7) is -0.543. The number of alkyl halides is 3. The summed E-state index contributed by atoms with van der Waals surface area (Å²) in [6.07, 6.45) is -2.05. The fourth-order valence-electron chi connectivity index (χ4n) is 2.76. The molecular weight excluding hydrogens is 371 g/mol. The van der Waals surface area contributed by atoms with E-state index in [0.29, 0.717) is 11.8 Å². The zero-order valence-electron chi connectivity index (χ0n) is 14.6. The zero-order chi connectivity index (χ0) is 20.1. The third-order valence-corrected chi connectivity index (χ3v) is 4.06. The first-order chi connectivity index (χ1) is 13.4. The van der Waals surface area contributed by atoms with Gasteiger partial charge in [-0.15, -0.1) is 0 Å². The van der Waals surface area contributed by atoms with Crippen molar-refractivity contribution in [2.45, 2.75) is 18.8 Å². The first-order valence-electron chi connectivity index (χ1n) is 8.38. The van der Waals surface area contributed by atoms with Gasteiger partial charge in [-0.05, 0) is 29.8 Å². The molecule has 1 atom stereocenters. The second-order valence-electron chi connectivity index (χ2n) is 6.02. The van der Waals surface area contributed by atoms with E-state index in [0.717, 1.165) is 22.4 Å². The highest BCUT2D eigenvalue weighted by Crippen LogP contribution is 2.26. The summed E-state index contributed by atoms with van der Waals surface area (Å²) < 4.78 is 39.4. The summed E-state index contributed by atoms with van der Waals surface area (Å²) in [5, 5.41) is 2.74. The molecule has 0 bridgehead atoms. The fraction of sp³-hybridized carbons (Fsp3) is 0.150. The Balaban J connectivity index is 1.85. The van der Waals surface area contributed by atoms with Crippen LogP contribution in [0.3, 0.4) is 0 Å². The summed E-state index contributed by atoms with van der Waals surface area (Å²) in [4.78, 5) is 28.8. The van der Waals surface area contributed by atoms with E-state index >= 15 is 0 Å². The van der Waals surface area contributed by atoms with Gasteiger partial charge in [0.2, 0.25) is 5.91 Å². The molecule has 1 amide bonds. The van der Waals surface area contributed by atoms with Crippen LogP contribution in [0.5, 0.6) is 0 Å². The fourth-order valence-corrected chi connectivity index (χ4v) is 2.76. The molecule has 0 saturated heterocycles. The highest BCUT2D eigenvalue weighted by Gasteiger charge is 2.34. The van der Waals surface area contributed by atoms with Crippen molar-refractivity contribution < 1.29 is 18.0 Å². The smallest absolute Gasteiger partial charge is 0.342 e. The van der Waals surface area contributed by atoms with Gasteiger partial charge in [-0.1, -0.05) is 36.4 Å². The van der Waals surface area contributed by atoms with Crippen molar-refractivity contribution in [3.63, 3.8) is 0 Å². The van der Waals surface area contributed by atoms with Crippen LogP contribution in [0.1, 0.15) is 22.9 Å². The molecule has 1 N–H and O–H groups in total. The molecule has 3 rings (SSSR count). The topological polar surface area (TPSA) is 64.0 Å². The second-order valence-corrected chi connectivity index (χ2v) is 6.02. The molecule has 2 aromatic heterocycles. The number of amides is 1. The Kier molecular flexibility index (Phi) is 5.58. The van der Waals surface area contributed by atoms with Crippen molar-refractivity contribution in [2.75, 3.05) is 0 Å². The SMILES string of the molecule is O=C(Cn1cccc(C(F)(F)F)c1=O)NC(c1ccccc1)c1ccccn1. The van der Waals surface area contributed by atoms with Crippen LogP contribution >= 0.6 is 0 Å². The molecule has 0 spiro atoms. The van der Waals surface area contributed by atoms with Crippen LogP contribution in [0, 0.1) is 0 Å². The number of nitrogens with zero attached hydrogens (tertiary/aromatic N) is 2. The number of benzene rings is 1. The standard InChI is InChI=1S/C20H16F3N3O2/c21-20(22,23)15-9-6-12-26(19(15)28)13-17(27)25-18(14-7-2-1-3-8-14)16-10-4-5-11-24-16/h1-12,18H,13H2,(H,25,27). The molecule has 5 nitrogen and oxygen atoms in total. The predicted octanol–water partition coefficient (Wildman–Crippen LogP) is 3.17. The van der Waals surface area contributed by atoms with Crippen molar-refractivity contribution >= 4 is 5.91 Å². The molecule has 0 aliphatic rings. The third-order valence-electron chi connectivity index (χ3n) is 4.06. The highest BCUT2D eigenvalue weighted by atomic mass is 19.4. The maximum atomic E-state index is 12.9. The van der Waals surface area contributed by atoms with Gasteiger partial charge in [0, 0.05) is 12.4 Å². The van der Waals surface area contributed by atoms with Crippen LogP contribution in [0.4, 0.5) is 13.2 Å². The maximum absolute atomic E-state index is 12.9. The van der Waals surface area contributed by atoms with Crippen molar-refractivity contribution in [3.8, 4) is 0 Å². The maximum Gasteiger partial charge on any atom is 0.421 e. The number of aromatic nitrogens is 2. The second kappa shape index (κ2) is 8.08. The molecule has 0 fully saturated rings. The molecule has 1 aromatic carbocycles. The lowest BCUT2D eigenvalue weighted by Gasteiger charge is -2.19. The van der Waals surface area contributed by atoms with Crippen LogP contribution in [0.2, 0.25) is 0 Å². The summed E-state index contributed by atoms with van der Waals surface area (Å²) >= 11 is 0. The zero-order valence-corrected chi connectivity index (χ0v) is 14.6. The van der Waals surface area contributed by atoms with Gasteiger partial charge >= 0.3 is 6.18 Å². The molecule has 1 unspecified atom stereocenters. The Morgan fingerprint density at radius 2 is 1.75 bits per heavy atom. The molecule has 2 heterocycles. The van der Waals surface area contributed by atoms with Crippen molar-refractivity contribution in [2.24, 2.45) is 0 Å². The molecule has 0 aliphatic carbocycles. The van der Waals surface area contributed by atoms with Crippen molar-refractivity contribution in [3.05, 3.63) is 100 Å². The van der Waals surface area contributed by atoms with Gasteiger partial charge in [0.1, 0.15) is 12.1 Å². The Labute approximate surface area is 158 Å². The molecule has 28 heavy (non-hydrogen) atoms. The normalized spacial score (nSPS) is 12.4. The van der Waals surface area contributed by atoms with E-state index in [1.807, 2.05) is 6.07 Å². The van der Waals surface area contributed by atoms with Crippen LogP contribution in [0.25, 0.3) is 0 Å². The van der Waals surface area contributed by atoms with Gasteiger partial charge in [-0.3, -0.25) is 14.6 Å². The first kappa shape index (κ1) is 19.3. The number of rotatable bonds is 5. The molecule has 0 radical (unpaired) electrons. The minimum Gasteiger partial charge on any atom is -0.342 e.